The van der Waals surface area contributed by atoms with Gasteiger partial charge in [0.15, 0.2) is 0 Å². The van der Waals surface area contributed by atoms with E-state index in [0.29, 0.717) is 22.8 Å². The first-order chi connectivity index (χ1) is 12.0. The highest BCUT2D eigenvalue weighted by Crippen LogP contribution is 2.48. The molecule has 2 N–H and O–H groups in total. The number of aromatic nitrogens is 3. The summed E-state index contributed by atoms with van der Waals surface area (Å²) in [5.74, 6) is -2.64. The van der Waals surface area contributed by atoms with Gasteiger partial charge in [0.2, 0.25) is 5.91 Å². The van der Waals surface area contributed by atoms with Gasteiger partial charge in [-0.15, -0.1) is 0 Å². The second kappa shape index (κ2) is 6.00. The molecule has 4 atom stereocenters. The number of benzene rings is 1. The van der Waals surface area contributed by atoms with Crippen molar-refractivity contribution in [1.82, 2.24) is 14.8 Å². The van der Waals surface area contributed by atoms with E-state index in [0.717, 1.165) is 0 Å². The lowest BCUT2D eigenvalue weighted by atomic mass is 9.82. The number of amides is 1. The maximum absolute atomic E-state index is 12.9. The summed E-state index contributed by atoms with van der Waals surface area (Å²) in [6.07, 6.45) is 7.47. The van der Waals surface area contributed by atoms with Crippen molar-refractivity contribution >= 4 is 29.2 Å². The van der Waals surface area contributed by atoms with E-state index in [1.165, 1.54) is 17.3 Å². The molecule has 2 aromatic rings. The van der Waals surface area contributed by atoms with Crippen LogP contribution in [-0.2, 0) is 9.59 Å². The number of fused-ring (bicyclic) bond motifs is 2. The van der Waals surface area contributed by atoms with E-state index in [2.05, 4.69) is 15.4 Å². The van der Waals surface area contributed by atoms with E-state index >= 15 is 0 Å². The van der Waals surface area contributed by atoms with Crippen molar-refractivity contribution in [3.63, 3.8) is 0 Å². The number of carboxylic acid groups (broad SMARTS) is 1. The summed E-state index contributed by atoms with van der Waals surface area (Å²) in [6.45, 7) is 0. The van der Waals surface area contributed by atoms with Gasteiger partial charge in [0.1, 0.15) is 12.7 Å². The lowest BCUT2D eigenvalue weighted by Crippen LogP contribution is -2.36. The fraction of sp³-hybridized carbons (Fsp3) is 0.294. The molecule has 1 heterocycles. The van der Waals surface area contributed by atoms with Gasteiger partial charge in [-0.05, 0) is 36.5 Å². The summed E-state index contributed by atoms with van der Waals surface area (Å²) in [4.78, 5) is 28.4. The first-order valence-corrected chi connectivity index (χ1v) is 8.29. The number of rotatable bonds is 4. The highest BCUT2D eigenvalue weighted by molar-refractivity contribution is 6.31. The normalized spacial score (nSPS) is 26.8. The molecule has 2 bridgehead atoms. The van der Waals surface area contributed by atoms with Gasteiger partial charge in [-0.25, -0.2) is 9.67 Å². The van der Waals surface area contributed by atoms with Gasteiger partial charge in [0.05, 0.1) is 23.2 Å². The number of carboxylic acids is 1. The van der Waals surface area contributed by atoms with E-state index in [1.54, 1.807) is 18.2 Å². The van der Waals surface area contributed by atoms with Crippen LogP contribution in [-0.4, -0.2) is 31.7 Å². The Morgan fingerprint density at radius 2 is 2.00 bits per heavy atom. The molecule has 4 rings (SSSR count). The average molecular weight is 359 g/mol. The van der Waals surface area contributed by atoms with E-state index < -0.39 is 17.8 Å². The number of carbonyl (C=O) groups is 2. The second-order valence-corrected chi connectivity index (χ2v) is 6.77. The number of halogens is 1. The van der Waals surface area contributed by atoms with E-state index in [9.17, 15) is 14.7 Å². The maximum atomic E-state index is 12.9. The highest BCUT2D eigenvalue weighted by atomic mass is 35.5. The summed E-state index contributed by atoms with van der Waals surface area (Å²) in [5.41, 5.74) is 1.08. The summed E-state index contributed by atoms with van der Waals surface area (Å²) in [7, 11) is 0. The average Bonchev–Trinajstić information content (AvgIpc) is 3.31. The Bertz CT molecular complexity index is 865. The molecule has 1 saturated carbocycles. The van der Waals surface area contributed by atoms with Gasteiger partial charge in [0.25, 0.3) is 0 Å². The number of allylic oxidation sites excluding steroid dienone is 2. The number of hydrogen-bond donors (Lipinski definition) is 2. The van der Waals surface area contributed by atoms with E-state index in [-0.39, 0.29) is 17.7 Å². The number of hydrogen-bond acceptors (Lipinski definition) is 4. The molecular formula is C17H15ClN4O3. The van der Waals surface area contributed by atoms with Crippen LogP contribution < -0.4 is 5.32 Å². The molecule has 7 nitrogen and oxygen atoms in total. The van der Waals surface area contributed by atoms with Crippen molar-refractivity contribution in [2.45, 2.75) is 6.42 Å². The minimum Gasteiger partial charge on any atom is -0.481 e. The zero-order valence-corrected chi connectivity index (χ0v) is 13.8. The number of carbonyl (C=O) groups excluding carboxylic acids is 1. The van der Waals surface area contributed by atoms with Gasteiger partial charge in [0, 0.05) is 5.02 Å². The molecule has 2 aliphatic rings. The number of nitrogens with zero attached hydrogens (tertiary/aromatic N) is 3. The molecule has 128 valence electrons. The molecule has 1 amide bonds. The Labute approximate surface area is 148 Å². The Kier molecular flexibility index (Phi) is 3.80. The molecule has 8 heteroatoms. The third-order valence-electron chi connectivity index (χ3n) is 4.93. The van der Waals surface area contributed by atoms with Crippen molar-refractivity contribution in [2.75, 3.05) is 5.32 Å². The minimum absolute atomic E-state index is 0.0416. The zero-order chi connectivity index (χ0) is 17.6. The monoisotopic (exact) mass is 358 g/mol. The predicted octanol–water partition coefficient (Wildman–Crippen LogP) is 2.38. The molecule has 0 aliphatic heterocycles. The standard InChI is InChI=1S/C17H15ClN4O3/c18-11-3-4-13(22-8-19-7-20-22)12(6-11)21-16(23)14-9-1-2-10(5-9)15(14)17(24)25/h1-4,6-10,14-15H,5H2,(H,21,23)(H,24,25)/t9-,10-,14+,15-/m0/s1. The molecule has 0 radical (unpaired) electrons. The Hall–Kier alpha value is -2.67. The fourth-order valence-electron chi connectivity index (χ4n) is 3.87. The number of nitrogens with one attached hydrogen (secondary N) is 1. The van der Waals surface area contributed by atoms with Crippen LogP contribution in [0.4, 0.5) is 5.69 Å². The van der Waals surface area contributed by atoms with Crippen LogP contribution in [0.25, 0.3) is 5.69 Å². The second-order valence-electron chi connectivity index (χ2n) is 6.33. The molecule has 1 aromatic carbocycles. The molecule has 1 fully saturated rings. The van der Waals surface area contributed by atoms with Gasteiger partial charge < -0.3 is 10.4 Å². The summed E-state index contributed by atoms with van der Waals surface area (Å²) < 4.78 is 1.52. The summed E-state index contributed by atoms with van der Waals surface area (Å²) in [6, 6.07) is 5.03. The number of anilines is 1. The van der Waals surface area contributed by atoms with Gasteiger partial charge in [-0.2, -0.15) is 5.10 Å². The van der Waals surface area contributed by atoms with Crippen molar-refractivity contribution in [3.8, 4) is 5.69 Å². The van der Waals surface area contributed by atoms with Crippen LogP contribution in [0.5, 0.6) is 0 Å². The molecule has 25 heavy (non-hydrogen) atoms. The van der Waals surface area contributed by atoms with Crippen LogP contribution in [0.2, 0.25) is 5.02 Å². The first kappa shape index (κ1) is 15.8. The lowest BCUT2D eigenvalue weighted by molar-refractivity contribution is -0.146. The van der Waals surface area contributed by atoms with E-state index in [4.69, 9.17) is 11.6 Å². The molecule has 0 saturated heterocycles. The van der Waals surface area contributed by atoms with Crippen LogP contribution in [0.3, 0.4) is 0 Å². The first-order valence-electron chi connectivity index (χ1n) is 7.91. The fourth-order valence-corrected chi connectivity index (χ4v) is 4.05. The van der Waals surface area contributed by atoms with Crippen molar-refractivity contribution in [2.24, 2.45) is 23.7 Å². The number of aliphatic carboxylic acids is 1. The summed E-state index contributed by atoms with van der Waals surface area (Å²) in [5, 5.41) is 16.9. The van der Waals surface area contributed by atoms with Crippen molar-refractivity contribution in [3.05, 3.63) is 48.0 Å². The SMILES string of the molecule is O=C(O)[C@@H]1[C@H](C(=O)Nc2cc(Cl)ccc2-n2cncn2)[C@H]2C=C[C@H]1C2. The Balaban J connectivity index is 1.64. The largest absolute Gasteiger partial charge is 0.481 e. The minimum atomic E-state index is -0.931. The Morgan fingerprint density at radius 1 is 1.24 bits per heavy atom. The summed E-state index contributed by atoms with van der Waals surface area (Å²) >= 11 is 6.06. The molecular weight excluding hydrogens is 344 g/mol. The van der Waals surface area contributed by atoms with E-state index in [1.807, 2.05) is 12.2 Å². The lowest BCUT2D eigenvalue weighted by Gasteiger charge is -2.24. The predicted molar refractivity (Wildman–Crippen MR) is 90.4 cm³/mol. The molecule has 0 unspecified atom stereocenters. The Morgan fingerprint density at radius 3 is 2.68 bits per heavy atom. The quantitative estimate of drug-likeness (QED) is 0.818. The van der Waals surface area contributed by atoms with Gasteiger partial charge >= 0.3 is 5.97 Å². The topological polar surface area (TPSA) is 97.1 Å². The molecule has 1 aromatic heterocycles. The molecule has 0 spiro atoms. The van der Waals surface area contributed by atoms with Crippen LogP contribution in [0.15, 0.2) is 43.0 Å². The van der Waals surface area contributed by atoms with Crippen molar-refractivity contribution < 1.29 is 14.7 Å². The van der Waals surface area contributed by atoms with Crippen LogP contribution in [0, 0.1) is 23.7 Å². The van der Waals surface area contributed by atoms with Crippen molar-refractivity contribution in [1.29, 1.82) is 0 Å². The maximum Gasteiger partial charge on any atom is 0.307 e. The van der Waals surface area contributed by atoms with Gasteiger partial charge in [-0.1, -0.05) is 23.8 Å². The third-order valence-corrected chi connectivity index (χ3v) is 5.16. The zero-order valence-electron chi connectivity index (χ0n) is 13.0. The highest BCUT2D eigenvalue weighted by Gasteiger charge is 2.51. The van der Waals surface area contributed by atoms with Crippen LogP contribution >= 0.6 is 11.6 Å². The third kappa shape index (κ3) is 2.70. The van der Waals surface area contributed by atoms with Crippen LogP contribution in [0.1, 0.15) is 6.42 Å². The van der Waals surface area contributed by atoms with Gasteiger partial charge in [-0.3, -0.25) is 9.59 Å². The molecule has 2 aliphatic carbocycles. The smallest absolute Gasteiger partial charge is 0.307 e.